The van der Waals surface area contributed by atoms with Crippen LogP contribution in [0.4, 0.5) is 0 Å². The molecule has 0 fully saturated rings. The van der Waals surface area contributed by atoms with Crippen molar-refractivity contribution in [3.8, 4) is 11.5 Å². The Balaban J connectivity index is 2.14. The molecule has 0 radical (unpaired) electrons. The first-order chi connectivity index (χ1) is 9.22. The average molecular weight is 259 g/mol. The molecule has 4 nitrogen and oxygen atoms in total. The summed E-state index contributed by atoms with van der Waals surface area (Å²) in [5.74, 6) is 1.31. The highest BCUT2D eigenvalue weighted by Crippen LogP contribution is 2.25. The van der Waals surface area contributed by atoms with Gasteiger partial charge in [0.2, 0.25) is 0 Å². The van der Waals surface area contributed by atoms with Crippen LogP contribution in [0.5, 0.6) is 11.5 Å². The van der Waals surface area contributed by atoms with Gasteiger partial charge in [-0.25, -0.2) is 0 Å². The molecule has 0 atom stereocenters. The van der Waals surface area contributed by atoms with E-state index in [-0.39, 0.29) is 6.61 Å². The molecule has 19 heavy (non-hydrogen) atoms. The van der Waals surface area contributed by atoms with Gasteiger partial charge in [-0.1, -0.05) is 6.07 Å². The minimum Gasteiger partial charge on any atom is -0.497 e. The van der Waals surface area contributed by atoms with Crippen LogP contribution in [0, 0.1) is 6.92 Å². The molecule has 1 heterocycles. The van der Waals surface area contributed by atoms with Gasteiger partial charge >= 0.3 is 0 Å². The molecule has 1 aromatic carbocycles. The Morgan fingerprint density at radius 2 is 2.05 bits per heavy atom. The predicted molar refractivity (Wildman–Crippen MR) is 72.2 cm³/mol. The lowest BCUT2D eigenvalue weighted by Gasteiger charge is -2.11. The van der Waals surface area contributed by atoms with Gasteiger partial charge in [0.05, 0.1) is 19.4 Å². The standard InChI is InChI=1S/C15H17NO3/c1-11-4-3-5-13(16-11)10-19-15-8-14(18-2)7-6-12(15)9-17/h3-8,17H,9-10H2,1-2H3. The Hall–Kier alpha value is -2.07. The highest BCUT2D eigenvalue weighted by atomic mass is 16.5. The fourth-order valence-electron chi connectivity index (χ4n) is 1.76. The van der Waals surface area contributed by atoms with Crippen molar-refractivity contribution in [3.63, 3.8) is 0 Å². The maximum absolute atomic E-state index is 9.29. The highest BCUT2D eigenvalue weighted by molar-refractivity contribution is 5.40. The molecule has 0 bridgehead atoms. The number of aryl methyl sites for hydroxylation is 1. The summed E-state index contributed by atoms with van der Waals surface area (Å²) in [5, 5.41) is 9.29. The minimum atomic E-state index is -0.0689. The summed E-state index contributed by atoms with van der Waals surface area (Å²) in [7, 11) is 1.60. The Labute approximate surface area is 112 Å². The van der Waals surface area contributed by atoms with E-state index < -0.39 is 0 Å². The first-order valence-corrected chi connectivity index (χ1v) is 6.06. The third kappa shape index (κ3) is 3.45. The number of hydrogen-bond donors (Lipinski definition) is 1. The van der Waals surface area contributed by atoms with E-state index in [0.29, 0.717) is 18.1 Å². The van der Waals surface area contributed by atoms with Crippen molar-refractivity contribution in [2.75, 3.05) is 7.11 Å². The molecule has 0 unspecified atom stereocenters. The lowest BCUT2D eigenvalue weighted by Crippen LogP contribution is -2.01. The second kappa shape index (κ2) is 6.20. The molecule has 0 aliphatic heterocycles. The second-order valence-electron chi connectivity index (χ2n) is 4.19. The molecule has 100 valence electrons. The van der Waals surface area contributed by atoms with Gasteiger partial charge in [-0.3, -0.25) is 4.98 Å². The average Bonchev–Trinajstić information content (AvgIpc) is 2.45. The number of rotatable bonds is 5. The zero-order valence-electron chi connectivity index (χ0n) is 11.1. The smallest absolute Gasteiger partial charge is 0.130 e. The molecule has 0 aliphatic carbocycles. The van der Waals surface area contributed by atoms with Crippen molar-refractivity contribution in [1.29, 1.82) is 0 Å². The molecule has 0 saturated carbocycles. The van der Waals surface area contributed by atoms with E-state index in [9.17, 15) is 5.11 Å². The lowest BCUT2D eigenvalue weighted by molar-refractivity contribution is 0.256. The number of ether oxygens (including phenoxy) is 2. The van der Waals surface area contributed by atoms with Crippen LogP contribution >= 0.6 is 0 Å². The lowest BCUT2D eigenvalue weighted by atomic mass is 10.2. The van der Waals surface area contributed by atoms with Gasteiger partial charge in [-0.2, -0.15) is 0 Å². The SMILES string of the molecule is COc1ccc(CO)c(OCc2cccc(C)n2)c1. The van der Waals surface area contributed by atoms with Crippen molar-refractivity contribution in [2.45, 2.75) is 20.1 Å². The number of aromatic nitrogens is 1. The molecule has 1 N–H and O–H groups in total. The summed E-state index contributed by atoms with van der Waals surface area (Å²) in [4.78, 5) is 4.37. The summed E-state index contributed by atoms with van der Waals surface area (Å²) < 4.78 is 10.9. The van der Waals surface area contributed by atoms with Gasteiger partial charge in [0.25, 0.3) is 0 Å². The van der Waals surface area contributed by atoms with Crippen LogP contribution in [0.1, 0.15) is 17.0 Å². The largest absolute Gasteiger partial charge is 0.497 e. The predicted octanol–water partition coefficient (Wildman–Crippen LogP) is 2.47. The zero-order chi connectivity index (χ0) is 13.7. The second-order valence-corrected chi connectivity index (χ2v) is 4.19. The first kappa shape index (κ1) is 13.4. The number of pyridine rings is 1. The van der Waals surface area contributed by atoms with Crippen LogP contribution in [-0.2, 0) is 13.2 Å². The van der Waals surface area contributed by atoms with Gasteiger partial charge < -0.3 is 14.6 Å². The number of benzene rings is 1. The quantitative estimate of drug-likeness (QED) is 0.896. The summed E-state index contributed by atoms with van der Waals surface area (Å²) in [6.07, 6.45) is 0. The maximum atomic E-state index is 9.29. The van der Waals surface area contributed by atoms with Crippen LogP contribution in [0.3, 0.4) is 0 Å². The third-order valence-corrected chi connectivity index (χ3v) is 2.77. The van der Waals surface area contributed by atoms with E-state index in [0.717, 1.165) is 17.0 Å². The van der Waals surface area contributed by atoms with Crippen molar-refractivity contribution >= 4 is 0 Å². The van der Waals surface area contributed by atoms with Gasteiger partial charge in [-0.05, 0) is 31.2 Å². The number of aliphatic hydroxyl groups is 1. The van der Waals surface area contributed by atoms with Crippen LogP contribution in [0.25, 0.3) is 0 Å². The monoisotopic (exact) mass is 259 g/mol. The Bertz CT molecular complexity index is 555. The van der Waals surface area contributed by atoms with E-state index in [4.69, 9.17) is 9.47 Å². The molecule has 4 heteroatoms. The van der Waals surface area contributed by atoms with E-state index in [1.807, 2.05) is 25.1 Å². The number of aliphatic hydroxyl groups excluding tert-OH is 1. The molecule has 0 spiro atoms. The summed E-state index contributed by atoms with van der Waals surface area (Å²) in [6, 6.07) is 11.1. The summed E-state index contributed by atoms with van der Waals surface area (Å²) in [5.41, 5.74) is 2.54. The van der Waals surface area contributed by atoms with E-state index >= 15 is 0 Å². The fraction of sp³-hybridized carbons (Fsp3) is 0.267. The number of hydrogen-bond acceptors (Lipinski definition) is 4. The molecule has 2 aromatic rings. The molecule has 0 amide bonds. The van der Waals surface area contributed by atoms with Crippen LogP contribution in [0.15, 0.2) is 36.4 Å². The van der Waals surface area contributed by atoms with Gasteiger partial charge in [0, 0.05) is 17.3 Å². The number of nitrogens with zero attached hydrogens (tertiary/aromatic N) is 1. The van der Waals surface area contributed by atoms with E-state index in [1.165, 1.54) is 0 Å². The fourth-order valence-corrected chi connectivity index (χ4v) is 1.76. The third-order valence-electron chi connectivity index (χ3n) is 2.77. The molecule has 2 rings (SSSR count). The highest BCUT2D eigenvalue weighted by Gasteiger charge is 2.06. The molecular weight excluding hydrogens is 242 g/mol. The molecule has 0 aliphatic rings. The Morgan fingerprint density at radius 3 is 2.74 bits per heavy atom. The molecule has 1 aromatic heterocycles. The van der Waals surface area contributed by atoms with Crippen molar-refractivity contribution in [3.05, 3.63) is 53.3 Å². The molecule has 0 saturated heterocycles. The van der Waals surface area contributed by atoms with E-state index in [1.54, 1.807) is 25.3 Å². The minimum absolute atomic E-state index is 0.0689. The van der Waals surface area contributed by atoms with Crippen LogP contribution in [0.2, 0.25) is 0 Å². The first-order valence-electron chi connectivity index (χ1n) is 6.06. The van der Waals surface area contributed by atoms with Crippen molar-refractivity contribution in [2.24, 2.45) is 0 Å². The summed E-state index contributed by atoms with van der Waals surface area (Å²) in [6.45, 7) is 2.23. The van der Waals surface area contributed by atoms with Crippen molar-refractivity contribution < 1.29 is 14.6 Å². The molecular formula is C15H17NO3. The van der Waals surface area contributed by atoms with Gasteiger partial charge in [0.15, 0.2) is 0 Å². The normalized spacial score (nSPS) is 10.3. The number of methoxy groups -OCH3 is 1. The Morgan fingerprint density at radius 1 is 1.21 bits per heavy atom. The maximum Gasteiger partial charge on any atom is 0.130 e. The summed E-state index contributed by atoms with van der Waals surface area (Å²) >= 11 is 0. The van der Waals surface area contributed by atoms with Gasteiger partial charge in [-0.15, -0.1) is 0 Å². The van der Waals surface area contributed by atoms with Crippen LogP contribution < -0.4 is 9.47 Å². The Kier molecular flexibility index (Phi) is 4.36. The van der Waals surface area contributed by atoms with E-state index in [2.05, 4.69) is 4.98 Å². The van der Waals surface area contributed by atoms with Gasteiger partial charge in [0.1, 0.15) is 18.1 Å². The zero-order valence-corrected chi connectivity index (χ0v) is 11.1. The topological polar surface area (TPSA) is 51.6 Å². The van der Waals surface area contributed by atoms with Crippen molar-refractivity contribution in [1.82, 2.24) is 4.98 Å². The van der Waals surface area contributed by atoms with Crippen LogP contribution in [-0.4, -0.2) is 17.2 Å².